The lowest BCUT2D eigenvalue weighted by molar-refractivity contribution is 0.100. The molecule has 0 atom stereocenters. The SMILES string of the molecule is CCOc1cccc(Cn2c3cc(-c4ccc(OC)cc4)c[c]c3c3c(C(N)=O)cccc32)c1. The number of primary amides is 1. The zero-order valence-corrected chi connectivity index (χ0v) is 19.2. The van der Waals surface area contributed by atoms with Gasteiger partial charge in [-0.2, -0.15) is 0 Å². The molecule has 1 aromatic heterocycles. The van der Waals surface area contributed by atoms with Crippen LogP contribution in [0, 0.1) is 6.07 Å². The van der Waals surface area contributed by atoms with E-state index in [9.17, 15) is 4.79 Å². The maximum atomic E-state index is 12.3. The van der Waals surface area contributed by atoms with Crippen LogP contribution >= 0.6 is 0 Å². The molecule has 5 nitrogen and oxygen atoms in total. The average Bonchev–Trinajstić information content (AvgIpc) is 3.17. The summed E-state index contributed by atoms with van der Waals surface area (Å²) < 4.78 is 13.2. The van der Waals surface area contributed by atoms with Gasteiger partial charge in [-0.15, -0.1) is 0 Å². The van der Waals surface area contributed by atoms with Crippen molar-refractivity contribution in [2.45, 2.75) is 13.5 Å². The van der Waals surface area contributed by atoms with Crippen molar-refractivity contribution in [2.75, 3.05) is 13.7 Å². The van der Waals surface area contributed by atoms with E-state index in [1.807, 2.05) is 61.5 Å². The summed E-state index contributed by atoms with van der Waals surface area (Å²) in [7, 11) is 1.66. The first-order valence-electron chi connectivity index (χ1n) is 11.2. The third-order valence-electron chi connectivity index (χ3n) is 6.03. The summed E-state index contributed by atoms with van der Waals surface area (Å²) in [6, 6.07) is 29.2. The Morgan fingerprint density at radius 2 is 1.74 bits per heavy atom. The first-order valence-corrected chi connectivity index (χ1v) is 11.2. The van der Waals surface area contributed by atoms with E-state index in [4.69, 9.17) is 15.2 Å². The second kappa shape index (κ2) is 8.94. The van der Waals surface area contributed by atoms with Crippen molar-refractivity contribution in [1.82, 2.24) is 4.57 Å². The molecule has 5 rings (SSSR count). The van der Waals surface area contributed by atoms with Crippen LogP contribution in [0.5, 0.6) is 11.5 Å². The monoisotopic (exact) mass is 449 g/mol. The zero-order chi connectivity index (χ0) is 23.7. The number of ether oxygens (including phenoxy) is 2. The minimum Gasteiger partial charge on any atom is -0.497 e. The number of methoxy groups -OCH3 is 1. The molecular formula is C29H25N2O3. The molecule has 5 aromatic rings. The maximum Gasteiger partial charge on any atom is 0.249 e. The smallest absolute Gasteiger partial charge is 0.249 e. The Balaban J connectivity index is 1.72. The lowest BCUT2D eigenvalue weighted by atomic mass is 10.0. The van der Waals surface area contributed by atoms with Crippen LogP contribution in [0.15, 0.2) is 78.9 Å². The highest BCUT2D eigenvalue weighted by molar-refractivity contribution is 6.18. The second-order valence-electron chi connectivity index (χ2n) is 8.11. The molecule has 0 aliphatic rings. The molecule has 2 N–H and O–H groups in total. The van der Waals surface area contributed by atoms with Gasteiger partial charge < -0.3 is 19.8 Å². The molecule has 1 amide bonds. The molecule has 0 saturated heterocycles. The third-order valence-corrected chi connectivity index (χ3v) is 6.03. The first-order chi connectivity index (χ1) is 16.6. The number of fused-ring (bicyclic) bond motifs is 3. The lowest BCUT2D eigenvalue weighted by Crippen LogP contribution is -2.11. The fourth-order valence-corrected chi connectivity index (χ4v) is 4.46. The predicted molar refractivity (Wildman–Crippen MR) is 135 cm³/mol. The van der Waals surface area contributed by atoms with Gasteiger partial charge in [-0.1, -0.05) is 30.3 Å². The molecule has 34 heavy (non-hydrogen) atoms. The number of aromatic nitrogens is 1. The summed E-state index contributed by atoms with van der Waals surface area (Å²) >= 11 is 0. The first kappa shape index (κ1) is 21.6. The van der Waals surface area contributed by atoms with Crippen LogP contribution in [0.25, 0.3) is 32.9 Å². The Hall–Kier alpha value is -4.25. The standard InChI is InChI=1S/C29H25N2O3/c1-3-34-23-7-4-6-19(16-23)18-31-26-9-5-8-25(29(30)32)28(26)24-15-12-21(17-27(24)31)20-10-13-22(33-2)14-11-20/h4-14,16-17H,3,18H2,1-2H3,(H2,30,32). The van der Waals surface area contributed by atoms with E-state index < -0.39 is 5.91 Å². The Bertz CT molecular complexity index is 1500. The molecule has 1 heterocycles. The summed E-state index contributed by atoms with van der Waals surface area (Å²) in [6.07, 6.45) is 0. The van der Waals surface area contributed by atoms with E-state index in [-0.39, 0.29) is 0 Å². The number of nitrogens with zero attached hydrogens (tertiary/aromatic N) is 1. The molecule has 0 aliphatic heterocycles. The number of carbonyl (C=O) groups is 1. The van der Waals surface area contributed by atoms with Crippen LogP contribution in [0.1, 0.15) is 22.8 Å². The van der Waals surface area contributed by atoms with E-state index in [1.165, 1.54) is 0 Å². The number of nitrogens with two attached hydrogens (primary N) is 1. The Kier molecular flexibility index (Phi) is 5.68. The molecule has 0 bridgehead atoms. The number of hydrogen-bond acceptors (Lipinski definition) is 3. The van der Waals surface area contributed by atoms with Crippen LogP contribution in [0.2, 0.25) is 0 Å². The number of amides is 1. The molecule has 0 fully saturated rings. The van der Waals surface area contributed by atoms with Gasteiger partial charge >= 0.3 is 0 Å². The van der Waals surface area contributed by atoms with Gasteiger partial charge in [-0.25, -0.2) is 0 Å². The summed E-state index contributed by atoms with van der Waals surface area (Å²) in [5.41, 5.74) is 11.4. The van der Waals surface area contributed by atoms with E-state index in [0.29, 0.717) is 18.7 Å². The fraction of sp³-hybridized carbons (Fsp3) is 0.138. The van der Waals surface area contributed by atoms with Crippen molar-refractivity contribution in [3.05, 3.63) is 96.1 Å². The molecule has 4 aromatic carbocycles. The Morgan fingerprint density at radius 3 is 2.47 bits per heavy atom. The van der Waals surface area contributed by atoms with Crippen LogP contribution in [0.4, 0.5) is 0 Å². The van der Waals surface area contributed by atoms with Gasteiger partial charge in [0, 0.05) is 22.9 Å². The Labute approximate surface area is 198 Å². The normalized spacial score (nSPS) is 11.1. The highest BCUT2D eigenvalue weighted by Gasteiger charge is 2.17. The topological polar surface area (TPSA) is 66.5 Å². The van der Waals surface area contributed by atoms with Gasteiger partial charge in [0.25, 0.3) is 0 Å². The minimum atomic E-state index is -0.448. The second-order valence-corrected chi connectivity index (χ2v) is 8.11. The van der Waals surface area contributed by atoms with Crippen molar-refractivity contribution in [3.63, 3.8) is 0 Å². The fourth-order valence-electron chi connectivity index (χ4n) is 4.46. The maximum absolute atomic E-state index is 12.3. The predicted octanol–water partition coefficient (Wildman–Crippen LogP) is 5.82. The van der Waals surface area contributed by atoms with Crippen LogP contribution < -0.4 is 15.2 Å². The van der Waals surface area contributed by atoms with Gasteiger partial charge in [-0.3, -0.25) is 4.79 Å². The van der Waals surface area contributed by atoms with Crippen LogP contribution in [-0.4, -0.2) is 24.2 Å². The van der Waals surface area contributed by atoms with E-state index in [1.54, 1.807) is 13.2 Å². The largest absolute Gasteiger partial charge is 0.497 e. The summed E-state index contributed by atoms with van der Waals surface area (Å²) in [5, 5.41) is 1.70. The minimum absolute atomic E-state index is 0.448. The van der Waals surface area contributed by atoms with Gasteiger partial charge in [-0.05, 0) is 78.2 Å². The van der Waals surface area contributed by atoms with Crippen molar-refractivity contribution in [2.24, 2.45) is 5.73 Å². The molecular weight excluding hydrogens is 424 g/mol. The summed E-state index contributed by atoms with van der Waals surface area (Å²) in [4.78, 5) is 12.3. The summed E-state index contributed by atoms with van der Waals surface area (Å²) in [5.74, 6) is 1.20. The molecule has 169 valence electrons. The van der Waals surface area contributed by atoms with Crippen molar-refractivity contribution in [1.29, 1.82) is 0 Å². The van der Waals surface area contributed by atoms with Gasteiger partial charge in [0.05, 0.1) is 24.8 Å². The quantitative estimate of drug-likeness (QED) is 0.341. The number of benzene rings is 4. The van der Waals surface area contributed by atoms with Gasteiger partial charge in [0.1, 0.15) is 11.5 Å². The molecule has 1 radical (unpaired) electrons. The van der Waals surface area contributed by atoms with Crippen LogP contribution in [-0.2, 0) is 6.54 Å². The highest BCUT2D eigenvalue weighted by Crippen LogP contribution is 2.35. The highest BCUT2D eigenvalue weighted by atomic mass is 16.5. The van der Waals surface area contributed by atoms with E-state index >= 15 is 0 Å². The molecule has 5 heteroatoms. The summed E-state index contributed by atoms with van der Waals surface area (Å²) in [6.45, 7) is 3.20. The van der Waals surface area contributed by atoms with Crippen LogP contribution in [0.3, 0.4) is 0 Å². The lowest BCUT2D eigenvalue weighted by Gasteiger charge is -2.11. The molecule has 0 unspecified atom stereocenters. The van der Waals surface area contributed by atoms with Crippen molar-refractivity contribution >= 4 is 27.7 Å². The number of rotatable bonds is 7. The third kappa shape index (κ3) is 3.86. The van der Waals surface area contributed by atoms with Crippen molar-refractivity contribution in [3.8, 4) is 22.6 Å². The average molecular weight is 450 g/mol. The van der Waals surface area contributed by atoms with Gasteiger partial charge in [0.2, 0.25) is 5.91 Å². The molecule has 0 saturated carbocycles. The van der Waals surface area contributed by atoms with Gasteiger partial charge in [0.15, 0.2) is 0 Å². The Morgan fingerprint density at radius 1 is 0.941 bits per heavy atom. The molecule has 0 aliphatic carbocycles. The van der Waals surface area contributed by atoms with E-state index in [0.717, 1.165) is 50.0 Å². The molecule has 0 spiro atoms. The number of hydrogen-bond donors (Lipinski definition) is 1. The number of carbonyl (C=O) groups excluding carboxylic acids is 1. The zero-order valence-electron chi connectivity index (χ0n) is 19.2. The van der Waals surface area contributed by atoms with Crippen molar-refractivity contribution < 1.29 is 14.3 Å². The van der Waals surface area contributed by atoms with E-state index in [2.05, 4.69) is 28.8 Å².